The highest BCUT2D eigenvalue weighted by Crippen LogP contribution is 2.30. The van der Waals surface area contributed by atoms with E-state index in [1.165, 1.54) is 5.56 Å². The van der Waals surface area contributed by atoms with Crippen molar-refractivity contribution in [2.24, 2.45) is 0 Å². The van der Waals surface area contributed by atoms with Gasteiger partial charge in [0.25, 0.3) is 0 Å². The fourth-order valence-corrected chi connectivity index (χ4v) is 1.80. The molecule has 1 heterocycles. The van der Waals surface area contributed by atoms with Gasteiger partial charge in [0, 0.05) is 10.9 Å². The zero-order chi connectivity index (χ0) is 7.84. The molecule has 58 valence electrons. The number of rotatable bonds is 0. The average Bonchev–Trinajstić information content (AvgIpc) is 2.27. The summed E-state index contributed by atoms with van der Waals surface area (Å²) in [6.45, 7) is 2.09. The molecule has 0 N–H and O–H groups in total. The summed E-state index contributed by atoms with van der Waals surface area (Å²) in [5, 5.41) is 0. The SMILES string of the molecule is C[C@H]1Cc2cc(Br)ccc2O1. The van der Waals surface area contributed by atoms with Crippen molar-refractivity contribution in [1.29, 1.82) is 0 Å². The van der Waals surface area contributed by atoms with Gasteiger partial charge in [-0.2, -0.15) is 0 Å². The minimum Gasteiger partial charge on any atom is -0.490 e. The Labute approximate surface area is 74.5 Å². The molecule has 0 unspecified atom stereocenters. The van der Waals surface area contributed by atoms with E-state index < -0.39 is 0 Å². The molecule has 0 amide bonds. The highest BCUT2D eigenvalue weighted by molar-refractivity contribution is 9.10. The lowest BCUT2D eigenvalue weighted by Gasteiger charge is -2.01. The molecule has 1 aliphatic heterocycles. The molecule has 2 rings (SSSR count). The zero-order valence-electron chi connectivity index (χ0n) is 6.30. The van der Waals surface area contributed by atoms with E-state index in [-0.39, 0.29) is 0 Å². The lowest BCUT2D eigenvalue weighted by molar-refractivity contribution is 0.254. The highest BCUT2D eigenvalue weighted by atomic mass is 79.9. The van der Waals surface area contributed by atoms with Crippen LogP contribution in [0.25, 0.3) is 0 Å². The molecular weight excluding hydrogens is 204 g/mol. The maximum Gasteiger partial charge on any atom is 0.123 e. The minimum atomic E-state index is 0.347. The van der Waals surface area contributed by atoms with Crippen LogP contribution in [0.15, 0.2) is 22.7 Å². The van der Waals surface area contributed by atoms with Gasteiger partial charge in [-0.05, 0) is 30.7 Å². The van der Waals surface area contributed by atoms with E-state index in [9.17, 15) is 0 Å². The van der Waals surface area contributed by atoms with Crippen molar-refractivity contribution in [3.05, 3.63) is 28.2 Å². The fourth-order valence-electron chi connectivity index (χ4n) is 1.39. The first-order valence-electron chi connectivity index (χ1n) is 3.71. The third kappa shape index (κ3) is 1.27. The minimum absolute atomic E-state index is 0.347. The van der Waals surface area contributed by atoms with Crippen LogP contribution < -0.4 is 4.74 Å². The van der Waals surface area contributed by atoms with Gasteiger partial charge in [0.15, 0.2) is 0 Å². The van der Waals surface area contributed by atoms with Gasteiger partial charge >= 0.3 is 0 Å². The van der Waals surface area contributed by atoms with E-state index in [4.69, 9.17) is 4.74 Å². The lowest BCUT2D eigenvalue weighted by atomic mass is 10.1. The largest absolute Gasteiger partial charge is 0.490 e. The Morgan fingerprint density at radius 3 is 3.18 bits per heavy atom. The van der Waals surface area contributed by atoms with Gasteiger partial charge in [-0.25, -0.2) is 0 Å². The van der Waals surface area contributed by atoms with E-state index in [1.54, 1.807) is 0 Å². The van der Waals surface area contributed by atoms with Gasteiger partial charge in [0.2, 0.25) is 0 Å². The second-order valence-electron chi connectivity index (χ2n) is 2.88. The summed E-state index contributed by atoms with van der Waals surface area (Å²) < 4.78 is 6.67. The summed E-state index contributed by atoms with van der Waals surface area (Å²) in [4.78, 5) is 0. The van der Waals surface area contributed by atoms with Crippen molar-refractivity contribution in [2.75, 3.05) is 0 Å². The number of halogens is 1. The maximum atomic E-state index is 5.54. The first-order valence-corrected chi connectivity index (χ1v) is 4.50. The first kappa shape index (κ1) is 7.17. The van der Waals surface area contributed by atoms with Crippen molar-refractivity contribution in [3.63, 3.8) is 0 Å². The Kier molecular flexibility index (Phi) is 1.64. The van der Waals surface area contributed by atoms with E-state index in [0.29, 0.717) is 6.10 Å². The summed E-state index contributed by atoms with van der Waals surface area (Å²) in [6.07, 6.45) is 1.38. The van der Waals surface area contributed by atoms with Crippen LogP contribution in [0.4, 0.5) is 0 Å². The van der Waals surface area contributed by atoms with Crippen LogP contribution in [-0.2, 0) is 6.42 Å². The van der Waals surface area contributed by atoms with Crippen LogP contribution in [0.2, 0.25) is 0 Å². The van der Waals surface area contributed by atoms with Gasteiger partial charge in [-0.1, -0.05) is 15.9 Å². The van der Waals surface area contributed by atoms with E-state index in [2.05, 4.69) is 28.9 Å². The Balaban J connectivity index is 2.43. The molecule has 1 aromatic rings. The topological polar surface area (TPSA) is 9.23 Å². The summed E-state index contributed by atoms with van der Waals surface area (Å²) in [5.74, 6) is 1.04. The number of hydrogen-bond acceptors (Lipinski definition) is 1. The predicted octanol–water partition coefficient (Wildman–Crippen LogP) is 2.77. The maximum absolute atomic E-state index is 5.54. The van der Waals surface area contributed by atoms with Gasteiger partial charge in [0.1, 0.15) is 11.9 Å². The van der Waals surface area contributed by atoms with Crippen LogP contribution in [0, 0.1) is 0 Å². The molecule has 0 aliphatic carbocycles. The second kappa shape index (κ2) is 2.52. The number of fused-ring (bicyclic) bond motifs is 1. The Morgan fingerprint density at radius 1 is 1.55 bits per heavy atom. The lowest BCUT2D eigenvalue weighted by Crippen LogP contribution is -2.05. The van der Waals surface area contributed by atoms with Crippen LogP contribution in [0.3, 0.4) is 0 Å². The second-order valence-corrected chi connectivity index (χ2v) is 3.80. The molecule has 0 fully saturated rings. The fraction of sp³-hybridized carbons (Fsp3) is 0.333. The molecule has 1 aliphatic rings. The van der Waals surface area contributed by atoms with Gasteiger partial charge < -0.3 is 4.74 Å². The molecule has 11 heavy (non-hydrogen) atoms. The summed E-state index contributed by atoms with van der Waals surface area (Å²) in [6, 6.07) is 6.15. The van der Waals surface area contributed by atoms with Crippen LogP contribution in [0.5, 0.6) is 5.75 Å². The molecule has 0 saturated heterocycles. The molecule has 0 aromatic heterocycles. The molecular formula is C9H9BrO. The summed E-state index contributed by atoms with van der Waals surface area (Å²) >= 11 is 3.43. The predicted molar refractivity (Wildman–Crippen MR) is 47.9 cm³/mol. The van der Waals surface area contributed by atoms with Crippen LogP contribution in [0.1, 0.15) is 12.5 Å². The molecule has 1 atom stereocenters. The molecule has 0 bridgehead atoms. The normalized spacial score (nSPS) is 21.1. The number of ether oxygens (including phenoxy) is 1. The average molecular weight is 213 g/mol. The van der Waals surface area contributed by atoms with Crippen molar-refractivity contribution in [3.8, 4) is 5.75 Å². The molecule has 2 heteroatoms. The third-order valence-electron chi connectivity index (χ3n) is 1.86. The van der Waals surface area contributed by atoms with Gasteiger partial charge in [-0.15, -0.1) is 0 Å². The zero-order valence-corrected chi connectivity index (χ0v) is 7.89. The van der Waals surface area contributed by atoms with Crippen molar-refractivity contribution < 1.29 is 4.74 Å². The van der Waals surface area contributed by atoms with E-state index in [1.807, 2.05) is 12.1 Å². The standard InChI is InChI=1S/C9H9BrO/c1-6-4-7-5-8(10)2-3-9(7)11-6/h2-3,5-6H,4H2,1H3/t6-/m0/s1. The Bertz CT molecular complexity index is 283. The molecule has 0 saturated carbocycles. The van der Waals surface area contributed by atoms with Crippen molar-refractivity contribution in [2.45, 2.75) is 19.4 Å². The molecule has 1 aromatic carbocycles. The number of hydrogen-bond donors (Lipinski definition) is 0. The monoisotopic (exact) mass is 212 g/mol. The van der Waals surface area contributed by atoms with E-state index >= 15 is 0 Å². The molecule has 1 nitrogen and oxygen atoms in total. The van der Waals surface area contributed by atoms with Gasteiger partial charge in [0.05, 0.1) is 0 Å². The van der Waals surface area contributed by atoms with E-state index in [0.717, 1.165) is 16.6 Å². The molecule has 0 radical (unpaired) electrons. The van der Waals surface area contributed by atoms with Crippen LogP contribution >= 0.6 is 15.9 Å². The van der Waals surface area contributed by atoms with Crippen LogP contribution in [-0.4, -0.2) is 6.10 Å². The Hall–Kier alpha value is -0.500. The highest BCUT2D eigenvalue weighted by Gasteiger charge is 2.18. The summed E-state index contributed by atoms with van der Waals surface area (Å²) in [5.41, 5.74) is 1.31. The van der Waals surface area contributed by atoms with Crippen molar-refractivity contribution >= 4 is 15.9 Å². The Morgan fingerprint density at radius 2 is 2.36 bits per heavy atom. The third-order valence-corrected chi connectivity index (χ3v) is 2.35. The number of benzene rings is 1. The van der Waals surface area contributed by atoms with Crippen molar-refractivity contribution in [1.82, 2.24) is 0 Å². The quantitative estimate of drug-likeness (QED) is 0.643. The van der Waals surface area contributed by atoms with Gasteiger partial charge in [-0.3, -0.25) is 0 Å². The first-order chi connectivity index (χ1) is 5.25. The summed E-state index contributed by atoms with van der Waals surface area (Å²) in [7, 11) is 0. The smallest absolute Gasteiger partial charge is 0.123 e. The molecule has 0 spiro atoms.